The number of carbonyl (C=O) groups is 1. The molecule has 0 aliphatic heterocycles. The van der Waals surface area contributed by atoms with E-state index in [0.717, 1.165) is 0 Å². The summed E-state index contributed by atoms with van der Waals surface area (Å²) in [6, 6.07) is 1.80. The summed E-state index contributed by atoms with van der Waals surface area (Å²) < 4.78 is 0. The molecule has 1 aliphatic rings. The van der Waals surface area contributed by atoms with Crippen molar-refractivity contribution in [1.82, 2.24) is 0 Å². The number of hydrogen-bond acceptors (Lipinski definition) is 2. The Morgan fingerprint density at radius 2 is 2.36 bits per heavy atom. The van der Waals surface area contributed by atoms with Gasteiger partial charge in [0.05, 0.1) is 0 Å². The molecule has 3 heteroatoms. The fraction of sp³-hybridized carbons (Fsp3) is 0.375. The van der Waals surface area contributed by atoms with Crippen LogP contribution in [-0.2, 0) is 0 Å². The monoisotopic (exact) mass is 168 g/mol. The van der Waals surface area contributed by atoms with Gasteiger partial charge in [-0.05, 0) is 35.8 Å². The van der Waals surface area contributed by atoms with E-state index in [2.05, 4.69) is 0 Å². The first-order valence-electron chi connectivity index (χ1n) is 3.59. The van der Waals surface area contributed by atoms with Crippen molar-refractivity contribution in [2.24, 2.45) is 0 Å². The van der Waals surface area contributed by atoms with Crippen molar-refractivity contribution in [2.75, 3.05) is 0 Å². The molecular weight excluding hydrogens is 160 g/mol. The maximum absolute atomic E-state index is 10.5. The Bertz CT molecular complexity index is 286. The lowest BCUT2D eigenvalue weighted by molar-refractivity contribution is 0.0702. The number of thiophene rings is 1. The smallest absolute Gasteiger partial charge is 0.345 e. The zero-order valence-corrected chi connectivity index (χ0v) is 6.73. The van der Waals surface area contributed by atoms with Gasteiger partial charge in [0.25, 0.3) is 0 Å². The Kier molecular flexibility index (Phi) is 1.46. The van der Waals surface area contributed by atoms with Crippen LogP contribution in [0, 0.1) is 0 Å². The first-order valence-corrected chi connectivity index (χ1v) is 4.47. The highest BCUT2D eigenvalue weighted by Gasteiger charge is 2.25. The molecule has 0 spiro atoms. The minimum Gasteiger partial charge on any atom is -0.477 e. The Morgan fingerprint density at radius 3 is 2.82 bits per heavy atom. The van der Waals surface area contributed by atoms with Gasteiger partial charge in [0.2, 0.25) is 0 Å². The van der Waals surface area contributed by atoms with E-state index in [4.69, 9.17) is 5.11 Å². The molecule has 2 nitrogen and oxygen atoms in total. The summed E-state index contributed by atoms with van der Waals surface area (Å²) in [5, 5.41) is 10.6. The second-order valence-electron chi connectivity index (χ2n) is 2.82. The Hall–Kier alpha value is -0.830. The average Bonchev–Trinajstić information content (AvgIpc) is 2.68. The predicted molar refractivity (Wildman–Crippen MR) is 43.3 cm³/mol. The van der Waals surface area contributed by atoms with E-state index in [0.29, 0.717) is 10.8 Å². The fourth-order valence-electron chi connectivity index (χ4n) is 1.09. The molecule has 2 rings (SSSR count). The molecule has 0 bridgehead atoms. The molecule has 0 amide bonds. The summed E-state index contributed by atoms with van der Waals surface area (Å²) >= 11 is 1.33. The van der Waals surface area contributed by atoms with E-state index in [9.17, 15) is 4.79 Å². The van der Waals surface area contributed by atoms with Crippen LogP contribution in [0.4, 0.5) is 0 Å². The molecule has 0 atom stereocenters. The van der Waals surface area contributed by atoms with Crippen molar-refractivity contribution in [3.63, 3.8) is 0 Å². The van der Waals surface area contributed by atoms with E-state index in [1.54, 1.807) is 6.07 Å². The molecule has 0 unspecified atom stereocenters. The van der Waals surface area contributed by atoms with Gasteiger partial charge in [-0.2, -0.15) is 0 Å². The third kappa shape index (κ3) is 1.28. The van der Waals surface area contributed by atoms with Crippen molar-refractivity contribution in [2.45, 2.75) is 18.8 Å². The third-order valence-corrected chi connectivity index (χ3v) is 2.82. The second-order valence-corrected chi connectivity index (χ2v) is 3.73. The van der Waals surface area contributed by atoms with Gasteiger partial charge < -0.3 is 5.11 Å². The van der Waals surface area contributed by atoms with Gasteiger partial charge in [0.1, 0.15) is 4.88 Å². The van der Waals surface area contributed by atoms with Crippen LogP contribution in [0.1, 0.15) is 34.0 Å². The Balaban J connectivity index is 2.25. The molecule has 0 radical (unpaired) electrons. The van der Waals surface area contributed by atoms with Crippen molar-refractivity contribution < 1.29 is 9.90 Å². The van der Waals surface area contributed by atoms with Gasteiger partial charge >= 0.3 is 5.97 Å². The van der Waals surface area contributed by atoms with Crippen LogP contribution in [-0.4, -0.2) is 11.1 Å². The highest BCUT2D eigenvalue weighted by Crippen LogP contribution is 2.41. The van der Waals surface area contributed by atoms with E-state index >= 15 is 0 Å². The van der Waals surface area contributed by atoms with Crippen LogP contribution in [0.15, 0.2) is 11.4 Å². The summed E-state index contributed by atoms with van der Waals surface area (Å²) in [5.41, 5.74) is 1.22. The SMILES string of the molecule is O=C(O)c1cc(C2CC2)cs1. The molecule has 11 heavy (non-hydrogen) atoms. The molecule has 0 aromatic carbocycles. The van der Waals surface area contributed by atoms with Crippen LogP contribution in [0.3, 0.4) is 0 Å². The summed E-state index contributed by atoms with van der Waals surface area (Å²) in [7, 11) is 0. The van der Waals surface area contributed by atoms with E-state index < -0.39 is 5.97 Å². The van der Waals surface area contributed by atoms with Crippen LogP contribution < -0.4 is 0 Å². The standard InChI is InChI=1S/C8H8O2S/c9-8(10)7-3-6(4-11-7)5-1-2-5/h3-5H,1-2H2,(H,9,10). The molecule has 58 valence electrons. The molecule has 1 heterocycles. The highest BCUT2D eigenvalue weighted by atomic mass is 32.1. The number of hydrogen-bond donors (Lipinski definition) is 1. The molecule has 1 aliphatic carbocycles. The largest absolute Gasteiger partial charge is 0.477 e. The zero-order valence-electron chi connectivity index (χ0n) is 5.91. The van der Waals surface area contributed by atoms with Gasteiger partial charge in [-0.15, -0.1) is 11.3 Å². The summed E-state index contributed by atoms with van der Waals surface area (Å²) in [6.07, 6.45) is 2.46. The maximum Gasteiger partial charge on any atom is 0.345 e. The van der Waals surface area contributed by atoms with Crippen LogP contribution in [0.25, 0.3) is 0 Å². The summed E-state index contributed by atoms with van der Waals surface area (Å²) in [6.45, 7) is 0. The van der Waals surface area contributed by atoms with Gasteiger partial charge in [0.15, 0.2) is 0 Å². The van der Waals surface area contributed by atoms with Gasteiger partial charge in [0, 0.05) is 0 Å². The summed E-state index contributed by atoms with van der Waals surface area (Å²) in [5.74, 6) is -0.138. The van der Waals surface area contributed by atoms with Crippen molar-refractivity contribution in [3.05, 3.63) is 21.9 Å². The Labute approximate surface area is 68.5 Å². The normalized spacial score (nSPS) is 16.7. The zero-order chi connectivity index (χ0) is 7.84. The molecule has 0 saturated heterocycles. The number of carboxylic acids is 1. The van der Waals surface area contributed by atoms with Crippen molar-refractivity contribution >= 4 is 17.3 Å². The van der Waals surface area contributed by atoms with Crippen molar-refractivity contribution in [1.29, 1.82) is 0 Å². The Morgan fingerprint density at radius 1 is 1.64 bits per heavy atom. The van der Waals surface area contributed by atoms with Crippen molar-refractivity contribution in [3.8, 4) is 0 Å². The number of aromatic carboxylic acids is 1. The van der Waals surface area contributed by atoms with Crippen LogP contribution in [0.2, 0.25) is 0 Å². The number of rotatable bonds is 2. The molecule has 1 aromatic heterocycles. The van der Waals surface area contributed by atoms with Crippen LogP contribution >= 0.6 is 11.3 Å². The first kappa shape index (κ1) is 6.85. The first-order chi connectivity index (χ1) is 5.27. The van der Waals surface area contributed by atoms with Gasteiger partial charge in [-0.25, -0.2) is 4.79 Å². The molecule has 1 fully saturated rings. The third-order valence-electron chi connectivity index (χ3n) is 1.88. The predicted octanol–water partition coefficient (Wildman–Crippen LogP) is 2.32. The number of carboxylic acid groups (broad SMARTS) is 1. The minimum atomic E-state index is -0.804. The van der Waals surface area contributed by atoms with Gasteiger partial charge in [-0.1, -0.05) is 0 Å². The van der Waals surface area contributed by atoms with E-state index in [1.165, 1.54) is 29.7 Å². The fourth-order valence-corrected chi connectivity index (χ4v) is 1.92. The molecule has 1 saturated carbocycles. The average molecular weight is 168 g/mol. The second kappa shape index (κ2) is 2.34. The van der Waals surface area contributed by atoms with Crippen LogP contribution in [0.5, 0.6) is 0 Å². The van der Waals surface area contributed by atoms with Gasteiger partial charge in [-0.3, -0.25) is 0 Å². The minimum absolute atomic E-state index is 0.465. The lowest BCUT2D eigenvalue weighted by Crippen LogP contribution is -1.90. The summed E-state index contributed by atoms with van der Waals surface area (Å²) in [4.78, 5) is 10.9. The highest BCUT2D eigenvalue weighted by molar-refractivity contribution is 7.12. The lowest BCUT2D eigenvalue weighted by Gasteiger charge is -1.85. The topological polar surface area (TPSA) is 37.3 Å². The molecular formula is C8H8O2S. The maximum atomic E-state index is 10.5. The lowest BCUT2D eigenvalue weighted by atomic mass is 10.2. The quantitative estimate of drug-likeness (QED) is 0.735. The molecule has 1 aromatic rings. The molecule has 1 N–H and O–H groups in total. The van der Waals surface area contributed by atoms with E-state index in [1.807, 2.05) is 5.38 Å². The van der Waals surface area contributed by atoms with E-state index in [-0.39, 0.29) is 0 Å².